The number of rotatable bonds is 45. The van der Waals surface area contributed by atoms with Gasteiger partial charge in [0.1, 0.15) is 12.7 Å². The zero-order chi connectivity index (χ0) is 44.2. The van der Waals surface area contributed by atoms with Gasteiger partial charge in [0.05, 0.1) is 13.2 Å². The van der Waals surface area contributed by atoms with Crippen LogP contribution in [0, 0.1) is 0 Å². The summed E-state index contributed by atoms with van der Waals surface area (Å²) in [6, 6.07) is -1.54. The molecule has 0 saturated heterocycles. The second-order valence-electron chi connectivity index (χ2n) is 16.3. The van der Waals surface area contributed by atoms with E-state index in [0.29, 0.717) is 12.8 Å². The molecule has 4 N–H and O–H groups in total. The number of phosphoric acid groups is 1. The summed E-state index contributed by atoms with van der Waals surface area (Å²) in [5.41, 5.74) is 0. The Bertz CT molecular complexity index is 1160. The SMILES string of the molecule is CCCCC/C=C\C/C=C\C/C=C\CCCCCCCCCCC(=O)OCC(O)COP(=O)(O)OCC(NC(=O)CCCCCCCCCCCCCCCCC)C(=O)O. The van der Waals surface area contributed by atoms with Crippen LogP contribution in [0.3, 0.4) is 0 Å². The molecule has 0 aromatic carbocycles. The first-order valence-corrected chi connectivity index (χ1v) is 25.5. The van der Waals surface area contributed by atoms with Crippen LogP contribution < -0.4 is 5.32 Å². The first-order valence-electron chi connectivity index (χ1n) is 24.0. The summed E-state index contributed by atoms with van der Waals surface area (Å²) >= 11 is 0. The van der Waals surface area contributed by atoms with Crippen LogP contribution >= 0.6 is 7.82 Å². The number of hydrogen-bond acceptors (Lipinski definition) is 8. The van der Waals surface area contributed by atoms with Gasteiger partial charge < -0.3 is 25.2 Å². The number of phosphoric ester groups is 1. The first kappa shape index (κ1) is 57.7. The summed E-state index contributed by atoms with van der Waals surface area (Å²) in [5, 5.41) is 21.9. The highest BCUT2D eigenvalue weighted by Gasteiger charge is 2.28. The Morgan fingerprint density at radius 1 is 0.533 bits per heavy atom. The zero-order valence-corrected chi connectivity index (χ0v) is 38.9. The van der Waals surface area contributed by atoms with E-state index < -0.39 is 57.6 Å². The fourth-order valence-corrected chi connectivity index (χ4v) is 7.45. The molecule has 0 aromatic rings. The van der Waals surface area contributed by atoms with Crippen molar-refractivity contribution in [3.8, 4) is 0 Å². The average Bonchev–Trinajstić information content (AvgIpc) is 3.22. The third-order valence-corrected chi connectivity index (χ3v) is 11.4. The fraction of sp³-hybridized carbons (Fsp3) is 0.812. The molecule has 0 spiro atoms. The molecule has 3 atom stereocenters. The molecule has 0 aromatic heterocycles. The minimum absolute atomic E-state index is 0.149. The molecule has 0 bridgehead atoms. The van der Waals surface area contributed by atoms with Gasteiger partial charge >= 0.3 is 19.8 Å². The Morgan fingerprint density at radius 3 is 1.40 bits per heavy atom. The van der Waals surface area contributed by atoms with Gasteiger partial charge in [0.25, 0.3) is 0 Å². The Balaban J connectivity index is 3.85. The third kappa shape index (κ3) is 42.4. The van der Waals surface area contributed by atoms with Crippen molar-refractivity contribution in [2.24, 2.45) is 0 Å². The molecular formula is C48H88NO10P. The van der Waals surface area contributed by atoms with Gasteiger partial charge in [0, 0.05) is 12.8 Å². The van der Waals surface area contributed by atoms with Crippen molar-refractivity contribution in [3.05, 3.63) is 36.5 Å². The van der Waals surface area contributed by atoms with Crippen LogP contribution in [0.5, 0.6) is 0 Å². The van der Waals surface area contributed by atoms with Crippen molar-refractivity contribution >= 4 is 25.7 Å². The quantitative estimate of drug-likeness (QED) is 0.0200. The predicted molar refractivity (Wildman–Crippen MR) is 245 cm³/mol. The number of aliphatic hydroxyl groups is 1. The number of carbonyl (C=O) groups is 3. The number of hydrogen-bond donors (Lipinski definition) is 4. The van der Waals surface area contributed by atoms with Crippen LogP contribution in [0.15, 0.2) is 36.5 Å². The zero-order valence-electron chi connectivity index (χ0n) is 38.0. The summed E-state index contributed by atoms with van der Waals surface area (Å²) in [6.07, 6.45) is 47.3. The van der Waals surface area contributed by atoms with Crippen LogP contribution in [-0.2, 0) is 32.7 Å². The smallest absolute Gasteiger partial charge is 0.472 e. The average molecular weight is 870 g/mol. The molecule has 0 fully saturated rings. The number of carboxylic acid groups (broad SMARTS) is 1. The lowest BCUT2D eigenvalue weighted by molar-refractivity contribution is -0.147. The molecule has 350 valence electrons. The number of nitrogens with one attached hydrogen (secondary N) is 1. The van der Waals surface area contributed by atoms with Crippen molar-refractivity contribution in [2.75, 3.05) is 19.8 Å². The molecule has 0 saturated carbocycles. The van der Waals surface area contributed by atoms with E-state index in [1.54, 1.807) is 0 Å². The number of esters is 1. The molecule has 0 heterocycles. The van der Waals surface area contributed by atoms with Gasteiger partial charge in [-0.2, -0.15) is 0 Å². The summed E-state index contributed by atoms with van der Waals surface area (Å²) in [6.45, 7) is 2.58. The molecule has 0 aliphatic rings. The van der Waals surface area contributed by atoms with Crippen LogP contribution in [0.1, 0.15) is 219 Å². The van der Waals surface area contributed by atoms with E-state index >= 15 is 0 Å². The molecule has 3 unspecified atom stereocenters. The standard InChI is InChI=1S/C48H88NO10P/c1-3-5-7-9-11-13-15-17-19-20-21-22-23-24-26-28-30-32-34-36-38-40-47(52)57-41-44(50)42-58-60(55,56)59-43-45(48(53)54)49-46(51)39-37-35-33-31-29-27-25-18-16-14-12-10-8-6-4-2/h11,13,17,19,21-22,44-45,50H,3-10,12,14-16,18,20,23-43H2,1-2H3,(H,49,51)(H,53,54)(H,55,56)/b13-11-,19-17-,22-21-. The Hall–Kier alpha value is -2.30. The van der Waals surface area contributed by atoms with Crippen molar-refractivity contribution < 1.29 is 47.8 Å². The van der Waals surface area contributed by atoms with Crippen molar-refractivity contribution in [3.63, 3.8) is 0 Å². The summed E-state index contributed by atoms with van der Waals surface area (Å²) in [5.74, 6) is -2.37. The van der Waals surface area contributed by atoms with E-state index in [2.05, 4.69) is 55.6 Å². The van der Waals surface area contributed by atoms with Crippen LogP contribution in [-0.4, -0.2) is 64.9 Å². The largest absolute Gasteiger partial charge is 0.480 e. The van der Waals surface area contributed by atoms with Crippen molar-refractivity contribution in [1.82, 2.24) is 5.32 Å². The van der Waals surface area contributed by atoms with Gasteiger partial charge in [-0.15, -0.1) is 0 Å². The molecule has 0 rings (SSSR count). The first-order chi connectivity index (χ1) is 29.1. The van der Waals surface area contributed by atoms with Gasteiger partial charge in [-0.1, -0.05) is 192 Å². The number of aliphatic carboxylic acids is 1. The van der Waals surface area contributed by atoms with Crippen molar-refractivity contribution in [1.29, 1.82) is 0 Å². The second kappa shape index (κ2) is 43.4. The number of unbranched alkanes of at least 4 members (excludes halogenated alkanes) is 25. The van der Waals surface area contributed by atoms with Gasteiger partial charge in [0.2, 0.25) is 5.91 Å². The highest BCUT2D eigenvalue weighted by atomic mass is 31.2. The minimum Gasteiger partial charge on any atom is -0.480 e. The van der Waals surface area contributed by atoms with Crippen LogP contribution in [0.4, 0.5) is 0 Å². The lowest BCUT2D eigenvalue weighted by Crippen LogP contribution is -2.43. The lowest BCUT2D eigenvalue weighted by atomic mass is 10.0. The van der Waals surface area contributed by atoms with Gasteiger partial charge in [0.15, 0.2) is 6.04 Å². The lowest BCUT2D eigenvalue weighted by Gasteiger charge is -2.18. The number of amides is 1. The van der Waals surface area contributed by atoms with Crippen LogP contribution in [0.25, 0.3) is 0 Å². The van der Waals surface area contributed by atoms with Gasteiger partial charge in [-0.3, -0.25) is 18.6 Å². The summed E-state index contributed by atoms with van der Waals surface area (Å²) < 4.78 is 26.9. The molecule has 60 heavy (non-hydrogen) atoms. The Kier molecular flexibility index (Phi) is 41.7. The van der Waals surface area contributed by atoms with E-state index in [1.807, 2.05) is 0 Å². The van der Waals surface area contributed by atoms with Gasteiger partial charge in [-0.05, 0) is 51.4 Å². The fourth-order valence-electron chi connectivity index (χ4n) is 6.68. The number of carbonyl (C=O) groups excluding carboxylic acids is 2. The van der Waals surface area contributed by atoms with Crippen LogP contribution in [0.2, 0.25) is 0 Å². The number of allylic oxidation sites excluding steroid dienone is 6. The predicted octanol–water partition coefficient (Wildman–Crippen LogP) is 12.8. The second-order valence-corrected chi connectivity index (χ2v) is 17.8. The topological polar surface area (TPSA) is 169 Å². The van der Waals surface area contributed by atoms with E-state index in [4.69, 9.17) is 13.8 Å². The van der Waals surface area contributed by atoms with Crippen molar-refractivity contribution in [2.45, 2.75) is 231 Å². The molecule has 0 aliphatic carbocycles. The number of ether oxygens (including phenoxy) is 1. The maximum absolute atomic E-state index is 12.3. The Labute approximate surface area is 365 Å². The minimum atomic E-state index is -4.76. The third-order valence-electron chi connectivity index (χ3n) is 10.4. The summed E-state index contributed by atoms with van der Waals surface area (Å²) in [4.78, 5) is 46.0. The molecule has 0 radical (unpaired) electrons. The highest BCUT2D eigenvalue weighted by molar-refractivity contribution is 7.47. The van der Waals surface area contributed by atoms with Gasteiger partial charge in [-0.25, -0.2) is 9.36 Å². The maximum atomic E-state index is 12.3. The highest BCUT2D eigenvalue weighted by Crippen LogP contribution is 2.43. The summed E-state index contributed by atoms with van der Waals surface area (Å²) in [7, 11) is -4.76. The normalized spacial score (nSPS) is 13.9. The van der Waals surface area contributed by atoms with E-state index in [9.17, 15) is 34.1 Å². The van der Waals surface area contributed by atoms with E-state index in [-0.39, 0.29) is 12.8 Å². The Morgan fingerprint density at radius 2 is 0.917 bits per heavy atom. The van der Waals surface area contributed by atoms with E-state index in [0.717, 1.165) is 57.8 Å². The van der Waals surface area contributed by atoms with E-state index in [1.165, 1.54) is 122 Å². The number of aliphatic hydroxyl groups excluding tert-OH is 1. The molecule has 12 heteroatoms. The molecule has 0 aliphatic heterocycles. The molecule has 11 nitrogen and oxygen atoms in total. The molecular weight excluding hydrogens is 781 g/mol. The molecule has 1 amide bonds. The maximum Gasteiger partial charge on any atom is 0.472 e. The monoisotopic (exact) mass is 870 g/mol. The number of carboxylic acids is 1.